The smallest absolute Gasteiger partial charge is 0.387 e. The Balaban J connectivity index is 2.06. The van der Waals surface area contributed by atoms with Gasteiger partial charge in [0.15, 0.2) is 0 Å². The van der Waals surface area contributed by atoms with E-state index in [2.05, 4.69) is 13.5 Å². The maximum atomic E-state index is 15.3. The fraction of sp³-hybridized carbons (Fsp3) is 0.455. The highest BCUT2D eigenvalue weighted by Gasteiger charge is 2.28. The van der Waals surface area contributed by atoms with Gasteiger partial charge >= 0.3 is 6.61 Å². The van der Waals surface area contributed by atoms with Crippen LogP contribution in [0.4, 0.5) is 13.2 Å². The van der Waals surface area contributed by atoms with Crippen molar-refractivity contribution in [3.05, 3.63) is 53.9 Å². The average Bonchev–Trinajstić information content (AvgIpc) is 2.62. The zero-order valence-electron chi connectivity index (χ0n) is 15.1. The normalized spacial score (nSPS) is 20.5. The Labute approximate surface area is 152 Å². The molecular formula is C22H25F3O. The lowest BCUT2D eigenvalue weighted by molar-refractivity contribution is -0.0508. The first kappa shape index (κ1) is 18.8. The Morgan fingerprint density at radius 1 is 1.19 bits per heavy atom. The largest absolute Gasteiger partial charge is 0.434 e. The van der Waals surface area contributed by atoms with Crippen molar-refractivity contribution in [2.24, 2.45) is 5.92 Å². The van der Waals surface area contributed by atoms with E-state index in [-0.39, 0.29) is 11.7 Å². The molecular weight excluding hydrogens is 337 g/mol. The van der Waals surface area contributed by atoms with Crippen molar-refractivity contribution in [3.63, 3.8) is 0 Å². The molecule has 1 aliphatic rings. The van der Waals surface area contributed by atoms with Gasteiger partial charge in [-0.3, -0.25) is 0 Å². The van der Waals surface area contributed by atoms with Gasteiger partial charge in [0.05, 0.1) is 0 Å². The minimum Gasteiger partial charge on any atom is -0.434 e. The molecule has 0 bridgehead atoms. The summed E-state index contributed by atoms with van der Waals surface area (Å²) in [5.41, 5.74) is 1.38. The minimum absolute atomic E-state index is 0.0132. The molecule has 0 N–H and O–H groups in total. The lowest BCUT2D eigenvalue weighted by Crippen LogP contribution is -2.15. The van der Waals surface area contributed by atoms with Crippen LogP contribution in [0.5, 0.6) is 5.75 Å². The van der Waals surface area contributed by atoms with E-state index in [1.54, 1.807) is 12.1 Å². The van der Waals surface area contributed by atoms with Gasteiger partial charge in [0.25, 0.3) is 0 Å². The Kier molecular flexibility index (Phi) is 5.90. The summed E-state index contributed by atoms with van der Waals surface area (Å²) >= 11 is 0. The van der Waals surface area contributed by atoms with Crippen molar-refractivity contribution in [2.75, 3.05) is 0 Å². The molecule has 0 unspecified atom stereocenters. The summed E-state index contributed by atoms with van der Waals surface area (Å²) in [6.07, 6.45) is 7.08. The molecule has 0 amide bonds. The van der Waals surface area contributed by atoms with Crippen LogP contribution >= 0.6 is 0 Å². The molecule has 0 heterocycles. The second-order valence-electron chi connectivity index (χ2n) is 7.13. The lowest BCUT2D eigenvalue weighted by Gasteiger charge is -2.29. The molecule has 1 saturated carbocycles. The van der Waals surface area contributed by atoms with Gasteiger partial charge < -0.3 is 4.74 Å². The predicted molar refractivity (Wildman–Crippen MR) is 99.4 cm³/mol. The lowest BCUT2D eigenvalue weighted by atomic mass is 9.78. The van der Waals surface area contributed by atoms with Gasteiger partial charge in [-0.2, -0.15) is 8.78 Å². The number of benzene rings is 2. The molecule has 2 aromatic carbocycles. The number of fused-ring (bicyclic) bond motifs is 1. The number of allylic oxidation sites excluding steroid dienone is 1. The fourth-order valence-electron chi connectivity index (χ4n) is 4.07. The fourth-order valence-corrected chi connectivity index (χ4v) is 4.07. The van der Waals surface area contributed by atoms with Crippen molar-refractivity contribution in [3.8, 4) is 5.75 Å². The third-order valence-corrected chi connectivity index (χ3v) is 5.41. The van der Waals surface area contributed by atoms with Crippen LogP contribution < -0.4 is 4.74 Å². The van der Waals surface area contributed by atoms with Crippen LogP contribution in [0, 0.1) is 11.7 Å². The molecule has 0 saturated heterocycles. The number of alkyl halides is 2. The van der Waals surface area contributed by atoms with E-state index >= 15 is 4.39 Å². The van der Waals surface area contributed by atoms with Crippen molar-refractivity contribution in [2.45, 2.75) is 58.0 Å². The number of aryl methyl sites for hydroxylation is 1. The van der Waals surface area contributed by atoms with Gasteiger partial charge in [-0.15, -0.1) is 6.58 Å². The molecule has 2 aromatic rings. The average molecular weight is 362 g/mol. The summed E-state index contributed by atoms with van der Waals surface area (Å²) in [6, 6.07) is 7.14. The Hall–Kier alpha value is -1.97. The molecule has 140 valence electrons. The monoisotopic (exact) mass is 362 g/mol. The van der Waals surface area contributed by atoms with E-state index in [9.17, 15) is 8.78 Å². The number of rotatable bonds is 6. The highest BCUT2D eigenvalue weighted by Crippen LogP contribution is 2.43. The van der Waals surface area contributed by atoms with Crippen molar-refractivity contribution in [1.82, 2.24) is 0 Å². The van der Waals surface area contributed by atoms with E-state index in [1.165, 1.54) is 0 Å². The second kappa shape index (κ2) is 8.15. The summed E-state index contributed by atoms with van der Waals surface area (Å²) in [4.78, 5) is 0. The van der Waals surface area contributed by atoms with Crippen LogP contribution in [0.15, 0.2) is 36.9 Å². The number of halogens is 3. The molecule has 26 heavy (non-hydrogen) atoms. The van der Waals surface area contributed by atoms with Crippen LogP contribution in [0.3, 0.4) is 0 Å². The molecule has 0 aromatic heterocycles. The van der Waals surface area contributed by atoms with Gasteiger partial charge in [-0.1, -0.05) is 37.6 Å². The van der Waals surface area contributed by atoms with E-state index < -0.39 is 12.4 Å². The molecule has 1 fully saturated rings. The highest BCUT2D eigenvalue weighted by atomic mass is 19.3. The molecule has 0 aliphatic heterocycles. The highest BCUT2D eigenvalue weighted by molar-refractivity contribution is 5.86. The van der Waals surface area contributed by atoms with Crippen molar-refractivity contribution in [1.29, 1.82) is 0 Å². The number of hydrogen-bond acceptors (Lipinski definition) is 1. The Morgan fingerprint density at radius 2 is 1.92 bits per heavy atom. The van der Waals surface area contributed by atoms with Gasteiger partial charge in [-0.05, 0) is 61.0 Å². The standard InChI is InChI=1S/C22H25F3O/c1-3-5-15-8-11-18-17(12-15)13-19(26-22(24)25)20(21(18)23)16-9-6-14(4-2)7-10-16/h4,8,11-14,16,22H,2-3,5-7,9-10H2,1H3. The summed E-state index contributed by atoms with van der Waals surface area (Å²) < 4.78 is 46.0. The quantitative estimate of drug-likeness (QED) is 0.503. The Bertz CT molecular complexity index is 777. The van der Waals surface area contributed by atoms with Crippen LogP contribution in [0.1, 0.15) is 56.1 Å². The maximum Gasteiger partial charge on any atom is 0.387 e. The van der Waals surface area contributed by atoms with Crippen LogP contribution in [-0.2, 0) is 6.42 Å². The molecule has 1 nitrogen and oxygen atoms in total. The van der Waals surface area contributed by atoms with E-state index in [0.717, 1.165) is 44.1 Å². The molecule has 0 spiro atoms. The van der Waals surface area contributed by atoms with Gasteiger partial charge in [-0.25, -0.2) is 4.39 Å². The van der Waals surface area contributed by atoms with Crippen molar-refractivity contribution >= 4 is 10.8 Å². The first-order valence-corrected chi connectivity index (χ1v) is 9.35. The van der Waals surface area contributed by atoms with E-state index in [4.69, 9.17) is 4.74 Å². The van der Waals surface area contributed by atoms with Gasteiger partial charge in [0, 0.05) is 10.9 Å². The third-order valence-electron chi connectivity index (χ3n) is 5.41. The first-order chi connectivity index (χ1) is 12.5. The Morgan fingerprint density at radius 3 is 2.54 bits per heavy atom. The summed E-state index contributed by atoms with van der Waals surface area (Å²) in [7, 11) is 0. The molecule has 0 atom stereocenters. The van der Waals surface area contributed by atoms with Crippen LogP contribution in [0.2, 0.25) is 0 Å². The van der Waals surface area contributed by atoms with E-state index in [1.807, 2.05) is 18.2 Å². The summed E-state index contributed by atoms with van der Waals surface area (Å²) in [6.45, 7) is 2.93. The van der Waals surface area contributed by atoms with Gasteiger partial charge in [0.1, 0.15) is 11.6 Å². The molecule has 3 rings (SSSR count). The number of ether oxygens (including phenoxy) is 1. The van der Waals surface area contributed by atoms with Gasteiger partial charge in [0.2, 0.25) is 0 Å². The molecule has 4 heteroatoms. The maximum absolute atomic E-state index is 15.3. The minimum atomic E-state index is -2.96. The molecule has 0 radical (unpaired) electrons. The van der Waals surface area contributed by atoms with Crippen LogP contribution in [-0.4, -0.2) is 6.61 Å². The zero-order chi connectivity index (χ0) is 18.7. The topological polar surface area (TPSA) is 9.23 Å². The second-order valence-corrected chi connectivity index (χ2v) is 7.13. The predicted octanol–water partition coefficient (Wildman–Crippen LogP) is 6.99. The van der Waals surface area contributed by atoms with E-state index in [0.29, 0.717) is 22.3 Å². The SMILES string of the molecule is C=CC1CCC(c2c(OC(F)F)cc3cc(CCC)ccc3c2F)CC1. The van der Waals surface area contributed by atoms with Crippen molar-refractivity contribution < 1.29 is 17.9 Å². The van der Waals surface area contributed by atoms with Crippen LogP contribution in [0.25, 0.3) is 10.8 Å². The molecule has 1 aliphatic carbocycles. The third kappa shape index (κ3) is 3.89. The summed E-state index contributed by atoms with van der Waals surface area (Å²) in [5, 5.41) is 1.10. The zero-order valence-corrected chi connectivity index (χ0v) is 15.1. The first-order valence-electron chi connectivity index (χ1n) is 9.35. The number of hydrogen-bond donors (Lipinski definition) is 0. The summed E-state index contributed by atoms with van der Waals surface area (Å²) in [5.74, 6) is -0.102.